The normalized spacial score (nSPS) is 14.9. The first-order chi connectivity index (χ1) is 36.5. The molecule has 1 aliphatic rings. The van der Waals surface area contributed by atoms with Gasteiger partial charge in [0.15, 0.2) is 11.5 Å². The van der Waals surface area contributed by atoms with E-state index in [1.807, 2.05) is 30.3 Å². The largest absolute Gasteiger partial charge is 0.497 e. The summed E-state index contributed by atoms with van der Waals surface area (Å²) in [5.41, 5.74) is -0.126. The molecule has 1 saturated carbocycles. The quantitative estimate of drug-likeness (QED) is 0.0569. The van der Waals surface area contributed by atoms with Crippen molar-refractivity contribution in [3.8, 4) is 11.4 Å². The molecule has 77 heavy (non-hydrogen) atoms. The van der Waals surface area contributed by atoms with Crippen LogP contribution in [-0.4, -0.2) is 84.0 Å². The molecule has 1 amide bonds. The highest BCUT2D eigenvalue weighted by Gasteiger charge is 2.45. The number of hydrogen-bond donors (Lipinski definition) is 1. The number of carbonyl (C=O) groups excluding carboxylic acids is 1. The zero-order valence-electron chi connectivity index (χ0n) is 44.0. The Morgan fingerprint density at radius 3 is 2.21 bits per heavy atom. The lowest BCUT2D eigenvalue weighted by molar-refractivity contribution is -0.0572. The average Bonchev–Trinajstić information content (AvgIpc) is 3.80. The molecule has 1 N–H and O–H groups in total. The molecule has 15 nitrogen and oxygen atoms in total. The Bertz CT molecular complexity index is 3420. The second-order valence-corrected chi connectivity index (χ2v) is 22.9. The maximum Gasteiger partial charge on any atom is 0.408 e. The zero-order chi connectivity index (χ0) is 55.5. The molecule has 0 saturated heterocycles. The molecule has 1 atom stereocenters. The number of nitrogens with one attached hydrogen (secondary N) is 1. The van der Waals surface area contributed by atoms with Crippen molar-refractivity contribution in [2.45, 2.75) is 115 Å². The molecular formula is C56H62ClF4N7O8S. The Hall–Kier alpha value is -6.61. The van der Waals surface area contributed by atoms with Crippen LogP contribution in [0.25, 0.3) is 27.6 Å². The summed E-state index contributed by atoms with van der Waals surface area (Å²) in [4.78, 5) is 40.1. The topological polar surface area (TPSA) is 169 Å². The van der Waals surface area contributed by atoms with Gasteiger partial charge in [0.25, 0.3) is 5.56 Å². The molecule has 1 fully saturated rings. The molecule has 0 spiro atoms. The summed E-state index contributed by atoms with van der Waals surface area (Å²) in [5, 5.41) is 7.95. The first kappa shape index (κ1) is 56.6. The van der Waals surface area contributed by atoms with Crippen LogP contribution in [0.15, 0.2) is 95.8 Å². The smallest absolute Gasteiger partial charge is 0.408 e. The van der Waals surface area contributed by atoms with Gasteiger partial charge in [-0.3, -0.25) is 14.0 Å². The summed E-state index contributed by atoms with van der Waals surface area (Å²) in [7, 11) is -1.09. The van der Waals surface area contributed by atoms with E-state index in [2.05, 4.69) is 5.32 Å². The Morgan fingerprint density at radius 2 is 1.57 bits per heavy atom. The van der Waals surface area contributed by atoms with Crippen molar-refractivity contribution < 1.29 is 49.7 Å². The standard InChI is InChI=1S/C56H62ClF4N7O8S/c1-35-28-45(55(20-22-56(60,61)23-21-55)24-27-75-34-37-12-9-8-10-13-37)63-49-46(35)52(69)68(50(64-49)43(62-53(70)76-54(2,3)4)31-38-29-39(58)32-40(59)30-38)44-19-18-42(57)47-48(44)66(25-11-26-73-5)65-51(47)67(77(7,71)72)33-36-14-16-41(74-6)17-15-36/h8-10,12-19,28-30,32,43H,11,20-27,31,33-34H2,1-7H3,(H,62,70)/t43-/m0/s1. The van der Waals surface area contributed by atoms with Gasteiger partial charge in [0.2, 0.25) is 15.9 Å². The van der Waals surface area contributed by atoms with Gasteiger partial charge in [-0.2, -0.15) is 5.10 Å². The van der Waals surface area contributed by atoms with Crippen LogP contribution in [0.1, 0.15) is 99.1 Å². The second kappa shape index (κ2) is 23.2. The van der Waals surface area contributed by atoms with Crippen LogP contribution in [0.2, 0.25) is 5.02 Å². The maximum absolute atomic E-state index is 15.9. The minimum Gasteiger partial charge on any atom is -0.497 e. The number of amides is 1. The van der Waals surface area contributed by atoms with Crippen LogP contribution in [0.4, 0.5) is 28.2 Å². The van der Waals surface area contributed by atoms with E-state index in [1.165, 1.54) is 35.6 Å². The molecule has 7 aromatic rings. The molecule has 0 aliphatic heterocycles. The number of hydrogen-bond acceptors (Lipinski definition) is 11. The fourth-order valence-electron chi connectivity index (χ4n) is 9.86. The van der Waals surface area contributed by atoms with E-state index in [-0.39, 0.29) is 95.4 Å². The SMILES string of the molecule is COCCCn1nc(N(Cc2ccc(OC)cc2)S(C)(=O)=O)c2c(Cl)ccc(-n3c([C@H](Cc4cc(F)cc(F)c4)NC(=O)OC(C)(C)C)nc4nc(C5(CCOCc6ccccc6)CCC(F)(F)CC5)cc(C)c4c3=O)c21. The number of anilines is 1. The fraction of sp³-hybridized carbons (Fsp3) is 0.411. The Balaban J connectivity index is 1.40. The highest BCUT2D eigenvalue weighted by molar-refractivity contribution is 7.92. The lowest BCUT2D eigenvalue weighted by atomic mass is 9.68. The number of nitrogens with zero attached hydrogens (tertiary/aromatic N) is 6. The van der Waals surface area contributed by atoms with Crippen LogP contribution in [0.3, 0.4) is 0 Å². The van der Waals surface area contributed by atoms with Gasteiger partial charge in [-0.05, 0) is 118 Å². The Labute approximate surface area is 449 Å². The predicted octanol–water partition coefficient (Wildman–Crippen LogP) is 11.2. The fourth-order valence-corrected chi connectivity index (χ4v) is 10.9. The molecule has 21 heteroatoms. The molecular weight excluding hydrogens is 1040 g/mol. The molecule has 0 bridgehead atoms. The molecule has 0 unspecified atom stereocenters. The zero-order valence-corrected chi connectivity index (χ0v) is 45.5. The highest BCUT2D eigenvalue weighted by Crippen LogP contribution is 2.48. The van der Waals surface area contributed by atoms with Gasteiger partial charge in [0, 0.05) is 63.3 Å². The lowest BCUT2D eigenvalue weighted by Crippen LogP contribution is -2.40. The first-order valence-electron chi connectivity index (χ1n) is 25.2. The van der Waals surface area contributed by atoms with Crippen LogP contribution >= 0.6 is 11.6 Å². The summed E-state index contributed by atoms with van der Waals surface area (Å²) >= 11 is 7.13. The number of fused-ring (bicyclic) bond motifs is 2. The van der Waals surface area contributed by atoms with Gasteiger partial charge >= 0.3 is 6.09 Å². The molecule has 3 heterocycles. The minimum atomic E-state index is -4.13. The molecule has 8 rings (SSSR count). The van der Waals surface area contributed by atoms with E-state index in [0.717, 1.165) is 28.3 Å². The summed E-state index contributed by atoms with van der Waals surface area (Å²) in [6.07, 6.45) is -0.358. The highest BCUT2D eigenvalue weighted by atomic mass is 35.5. The number of alkyl carbamates (subject to hydrolysis) is 1. The van der Waals surface area contributed by atoms with Gasteiger partial charge in [-0.25, -0.2) is 45.0 Å². The van der Waals surface area contributed by atoms with Gasteiger partial charge in [0.1, 0.15) is 28.8 Å². The number of aromatic nitrogens is 5. The summed E-state index contributed by atoms with van der Waals surface area (Å²) < 4.78 is 115. The van der Waals surface area contributed by atoms with Crippen LogP contribution < -0.4 is 19.9 Å². The monoisotopic (exact) mass is 1100 g/mol. The predicted molar refractivity (Wildman–Crippen MR) is 287 cm³/mol. The first-order valence-corrected chi connectivity index (χ1v) is 27.4. The van der Waals surface area contributed by atoms with E-state index in [4.69, 9.17) is 45.6 Å². The third kappa shape index (κ3) is 13.2. The second-order valence-electron chi connectivity index (χ2n) is 20.5. The Kier molecular flexibility index (Phi) is 17.0. The number of aryl methyl sites for hydroxylation is 2. The van der Waals surface area contributed by atoms with Crippen molar-refractivity contribution in [1.82, 2.24) is 29.6 Å². The lowest BCUT2D eigenvalue weighted by Gasteiger charge is -2.40. The van der Waals surface area contributed by atoms with Gasteiger partial charge in [0.05, 0.1) is 59.6 Å². The van der Waals surface area contributed by atoms with Gasteiger partial charge in [-0.1, -0.05) is 54.1 Å². The number of sulfonamides is 1. The van der Waals surface area contributed by atoms with Crippen LogP contribution in [0, 0.1) is 18.6 Å². The number of carbonyl (C=O) groups is 1. The number of rotatable bonds is 20. The van der Waals surface area contributed by atoms with Crippen molar-refractivity contribution in [3.05, 3.63) is 152 Å². The number of halogens is 5. The van der Waals surface area contributed by atoms with Crippen molar-refractivity contribution in [2.24, 2.45) is 0 Å². The number of alkyl halides is 2. The molecule has 410 valence electrons. The maximum atomic E-state index is 15.9. The van der Waals surface area contributed by atoms with E-state index in [0.29, 0.717) is 48.1 Å². The van der Waals surface area contributed by atoms with Crippen molar-refractivity contribution >= 4 is 55.5 Å². The van der Waals surface area contributed by atoms with Crippen molar-refractivity contribution in [3.63, 3.8) is 0 Å². The van der Waals surface area contributed by atoms with Crippen molar-refractivity contribution in [1.29, 1.82) is 0 Å². The van der Waals surface area contributed by atoms with Crippen LogP contribution in [-0.2, 0) is 55.8 Å². The molecule has 4 aromatic carbocycles. The molecule has 3 aromatic heterocycles. The number of benzene rings is 4. The van der Waals surface area contributed by atoms with Crippen LogP contribution in [0.5, 0.6) is 5.75 Å². The van der Waals surface area contributed by atoms with E-state index in [1.54, 1.807) is 58.0 Å². The summed E-state index contributed by atoms with van der Waals surface area (Å²) in [6, 6.07) is 22.5. The van der Waals surface area contributed by atoms with Crippen molar-refractivity contribution in [2.75, 3.05) is 38.0 Å². The van der Waals surface area contributed by atoms with E-state index < -0.39 is 69.1 Å². The number of pyridine rings is 1. The molecule has 0 radical (unpaired) electrons. The Morgan fingerprint density at radius 1 is 0.883 bits per heavy atom. The van der Waals surface area contributed by atoms with Gasteiger partial charge in [-0.15, -0.1) is 0 Å². The summed E-state index contributed by atoms with van der Waals surface area (Å²) in [6.45, 7) is 7.31. The third-order valence-corrected chi connectivity index (χ3v) is 15.0. The third-order valence-electron chi connectivity index (χ3n) is 13.6. The number of methoxy groups -OCH3 is 2. The van der Waals surface area contributed by atoms with E-state index in [9.17, 15) is 13.2 Å². The molecule has 1 aliphatic carbocycles. The summed E-state index contributed by atoms with van der Waals surface area (Å²) in [5.74, 6) is -4.43. The number of ether oxygens (including phenoxy) is 4. The minimum absolute atomic E-state index is 0.0213. The van der Waals surface area contributed by atoms with E-state index >= 15 is 22.4 Å². The average molecular weight is 1100 g/mol. The van der Waals surface area contributed by atoms with Gasteiger partial charge < -0.3 is 24.3 Å².